The minimum absolute atomic E-state index is 0.278. The van der Waals surface area contributed by atoms with E-state index in [1.807, 2.05) is 34.9 Å². The third-order valence-electron chi connectivity index (χ3n) is 5.14. The molecule has 152 valence electrons. The molecule has 1 aromatic carbocycles. The number of anilines is 1. The van der Waals surface area contributed by atoms with Crippen LogP contribution in [0.2, 0.25) is 0 Å². The molecule has 1 fully saturated rings. The first-order valence-electron chi connectivity index (χ1n) is 9.44. The van der Waals surface area contributed by atoms with E-state index in [9.17, 15) is 13.2 Å². The van der Waals surface area contributed by atoms with Crippen molar-refractivity contribution in [3.8, 4) is 11.3 Å². The van der Waals surface area contributed by atoms with Gasteiger partial charge < -0.3 is 15.0 Å². The van der Waals surface area contributed by atoms with Gasteiger partial charge in [-0.05, 0) is 30.9 Å². The monoisotopic (exact) mass is 402 g/mol. The summed E-state index contributed by atoms with van der Waals surface area (Å²) < 4.78 is 47.4. The highest BCUT2D eigenvalue weighted by Crippen LogP contribution is 2.37. The third-order valence-corrected chi connectivity index (χ3v) is 5.14. The SMILES string of the molecule is Nc1ncc(-c2cn(C3CCC3)c(COCc3ccccc3)n2)cc1C(F)(F)F. The number of nitrogens with two attached hydrogens (primary N) is 1. The number of rotatable bonds is 6. The van der Waals surface area contributed by atoms with Crippen molar-refractivity contribution in [3.63, 3.8) is 0 Å². The average Bonchev–Trinajstić information content (AvgIpc) is 3.04. The number of aromatic nitrogens is 3. The summed E-state index contributed by atoms with van der Waals surface area (Å²) in [5.74, 6) is 0.164. The molecule has 2 aromatic heterocycles. The normalized spacial score (nSPS) is 14.7. The van der Waals surface area contributed by atoms with E-state index in [1.54, 1.807) is 6.20 Å². The lowest BCUT2D eigenvalue weighted by atomic mass is 9.93. The predicted octanol–water partition coefficient (Wildman–Crippen LogP) is 4.99. The smallest absolute Gasteiger partial charge is 0.383 e. The zero-order valence-electron chi connectivity index (χ0n) is 15.7. The van der Waals surface area contributed by atoms with Crippen LogP contribution in [0.1, 0.15) is 42.3 Å². The van der Waals surface area contributed by atoms with Gasteiger partial charge in [0.1, 0.15) is 18.2 Å². The number of hydrogen-bond acceptors (Lipinski definition) is 4. The van der Waals surface area contributed by atoms with Crippen molar-refractivity contribution in [2.75, 3.05) is 5.73 Å². The number of pyridine rings is 1. The first-order valence-corrected chi connectivity index (χ1v) is 9.44. The zero-order chi connectivity index (χ0) is 20.4. The van der Waals surface area contributed by atoms with E-state index in [0.717, 1.165) is 30.9 Å². The minimum atomic E-state index is -4.56. The van der Waals surface area contributed by atoms with E-state index in [1.165, 1.54) is 6.20 Å². The lowest BCUT2D eigenvalue weighted by molar-refractivity contribution is -0.137. The Hall–Kier alpha value is -2.87. The van der Waals surface area contributed by atoms with Gasteiger partial charge in [0.25, 0.3) is 0 Å². The van der Waals surface area contributed by atoms with Crippen molar-refractivity contribution in [2.45, 2.75) is 44.7 Å². The molecule has 0 radical (unpaired) electrons. The summed E-state index contributed by atoms with van der Waals surface area (Å²) in [6, 6.07) is 11.1. The van der Waals surface area contributed by atoms with Crippen molar-refractivity contribution in [1.82, 2.24) is 14.5 Å². The van der Waals surface area contributed by atoms with Gasteiger partial charge in [-0.15, -0.1) is 0 Å². The van der Waals surface area contributed by atoms with Crippen molar-refractivity contribution in [1.29, 1.82) is 0 Å². The Bertz CT molecular complexity index is 981. The maximum atomic E-state index is 13.2. The molecule has 0 amide bonds. The van der Waals surface area contributed by atoms with Gasteiger partial charge in [-0.25, -0.2) is 9.97 Å². The van der Waals surface area contributed by atoms with E-state index in [4.69, 9.17) is 10.5 Å². The summed E-state index contributed by atoms with van der Waals surface area (Å²) in [5.41, 5.74) is 6.24. The van der Waals surface area contributed by atoms with Gasteiger partial charge in [0.2, 0.25) is 0 Å². The van der Waals surface area contributed by atoms with Gasteiger partial charge >= 0.3 is 6.18 Å². The summed E-state index contributed by atoms with van der Waals surface area (Å²) in [6.07, 6.45) is 1.73. The molecule has 1 aliphatic rings. The average molecular weight is 402 g/mol. The summed E-state index contributed by atoms with van der Waals surface area (Å²) in [7, 11) is 0. The molecule has 2 N–H and O–H groups in total. The van der Waals surface area contributed by atoms with Gasteiger partial charge in [0, 0.05) is 24.0 Å². The number of halogens is 3. The predicted molar refractivity (Wildman–Crippen MR) is 103 cm³/mol. The van der Waals surface area contributed by atoms with Crippen LogP contribution in [0.3, 0.4) is 0 Å². The Kier molecular flexibility index (Phi) is 5.27. The molecule has 1 aliphatic carbocycles. The second-order valence-electron chi connectivity index (χ2n) is 7.17. The topological polar surface area (TPSA) is 66.0 Å². The molecule has 5 nitrogen and oxygen atoms in total. The molecule has 0 bridgehead atoms. The Balaban J connectivity index is 1.58. The lowest BCUT2D eigenvalue weighted by Crippen LogP contribution is -2.19. The number of benzene rings is 1. The van der Waals surface area contributed by atoms with Crippen LogP contribution in [0.4, 0.5) is 19.0 Å². The van der Waals surface area contributed by atoms with Gasteiger partial charge in [0.15, 0.2) is 0 Å². The van der Waals surface area contributed by atoms with Crippen LogP contribution >= 0.6 is 0 Å². The van der Waals surface area contributed by atoms with Gasteiger partial charge in [-0.3, -0.25) is 0 Å². The Morgan fingerprint density at radius 3 is 2.55 bits per heavy atom. The summed E-state index contributed by atoms with van der Waals surface area (Å²) in [5, 5.41) is 0. The van der Waals surface area contributed by atoms with Crippen molar-refractivity contribution >= 4 is 5.82 Å². The highest BCUT2D eigenvalue weighted by molar-refractivity contribution is 5.62. The van der Waals surface area contributed by atoms with E-state index in [-0.39, 0.29) is 12.2 Å². The number of hydrogen-bond donors (Lipinski definition) is 1. The molecule has 0 atom stereocenters. The highest BCUT2D eigenvalue weighted by atomic mass is 19.4. The maximum Gasteiger partial charge on any atom is 0.419 e. The molecule has 29 heavy (non-hydrogen) atoms. The molecule has 3 aromatic rings. The summed E-state index contributed by atoms with van der Waals surface area (Å²) in [6.45, 7) is 0.718. The number of alkyl halides is 3. The van der Waals surface area contributed by atoms with E-state index in [0.29, 0.717) is 24.2 Å². The Morgan fingerprint density at radius 2 is 1.90 bits per heavy atom. The quantitative estimate of drug-likeness (QED) is 0.631. The van der Waals surface area contributed by atoms with Crippen molar-refractivity contribution < 1.29 is 17.9 Å². The molecular weight excluding hydrogens is 381 g/mol. The third kappa shape index (κ3) is 4.27. The van der Waals surface area contributed by atoms with E-state index >= 15 is 0 Å². The lowest BCUT2D eigenvalue weighted by Gasteiger charge is -2.28. The molecule has 1 saturated carbocycles. The second kappa shape index (κ2) is 7.87. The van der Waals surface area contributed by atoms with E-state index < -0.39 is 17.6 Å². The standard InChI is InChI=1S/C21H21F3N4O/c22-21(23,24)17-9-15(10-26-20(17)25)18-11-28(16-7-4-8-16)19(27-18)13-29-12-14-5-2-1-3-6-14/h1-3,5-6,9-11,16H,4,7-8,12-13H2,(H2,25,26). The number of nitrogens with zero attached hydrogens (tertiary/aromatic N) is 3. The molecule has 0 unspecified atom stereocenters. The molecule has 0 saturated heterocycles. The van der Waals surface area contributed by atoms with Gasteiger partial charge in [-0.2, -0.15) is 13.2 Å². The van der Waals surface area contributed by atoms with Crippen LogP contribution in [-0.2, 0) is 24.1 Å². The number of ether oxygens (including phenoxy) is 1. The Morgan fingerprint density at radius 1 is 1.14 bits per heavy atom. The maximum absolute atomic E-state index is 13.2. The zero-order valence-corrected chi connectivity index (χ0v) is 15.7. The van der Waals surface area contributed by atoms with Crippen LogP contribution in [-0.4, -0.2) is 14.5 Å². The highest BCUT2D eigenvalue weighted by Gasteiger charge is 2.34. The van der Waals surface area contributed by atoms with Gasteiger partial charge in [0.05, 0.1) is 17.9 Å². The molecule has 8 heteroatoms. The van der Waals surface area contributed by atoms with Gasteiger partial charge in [-0.1, -0.05) is 30.3 Å². The fourth-order valence-corrected chi connectivity index (χ4v) is 3.34. The second-order valence-corrected chi connectivity index (χ2v) is 7.17. The Labute approximate surface area is 166 Å². The van der Waals surface area contributed by atoms with Crippen LogP contribution < -0.4 is 5.73 Å². The molecule has 2 heterocycles. The van der Waals surface area contributed by atoms with Crippen molar-refractivity contribution in [3.05, 3.63) is 65.7 Å². The van der Waals surface area contributed by atoms with E-state index in [2.05, 4.69) is 9.97 Å². The first kappa shape index (κ1) is 19.4. The minimum Gasteiger partial charge on any atom is -0.383 e. The van der Waals surface area contributed by atoms with Crippen LogP contribution in [0.5, 0.6) is 0 Å². The first-order chi connectivity index (χ1) is 13.9. The molecule has 0 spiro atoms. The molecular formula is C21H21F3N4O. The number of nitrogen functional groups attached to an aromatic ring is 1. The number of imidazole rings is 1. The largest absolute Gasteiger partial charge is 0.419 e. The molecule has 0 aliphatic heterocycles. The molecule has 4 rings (SSSR count). The fourth-order valence-electron chi connectivity index (χ4n) is 3.34. The summed E-state index contributed by atoms with van der Waals surface area (Å²) in [4.78, 5) is 8.28. The summed E-state index contributed by atoms with van der Waals surface area (Å²) >= 11 is 0. The van der Waals surface area contributed by atoms with Crippen molar-refractivity contribution in [2.24, 2.45) is 0 Å². The van der Waals surface area contributed by atoms with Crippen LogP contribution in [0, 0.1) is 0 Å². The fraction of sp³-hybridized carbons (Fsp3) is 0.333. The van der Waals surface area contributed by atoms with Crippen LogP contribution in [0.15, 0.2) is 48.8 Å². The van der Waals surface area contributed by atoms with Crippen LogP contribution in [0.25, 0.3) is 11.3 Å².